The van der Waals surface area contributed by atoms with Gasteiger partial charge in [-0.3, -0.25) is 4.79 Å². The van der Waals surface area contributed by atoms with E-state index in [1.165, 1.54) is 0 Å². The Kier molecular flexibility index (Phi) is 7.67. The summed E-state index contributed by atoms with van der Waals surface area (Å²) in [6, 6.07) is -0.0238. The molecule has 3 saturated carbocycles. The average Bonchev–Trinajstić information content (AvgIpc) is 2.87. The van der Waals surface area contributed by atoms with E-state index in [9.17, 15) is 9.90 Å². The standard InChI is InChI=1S/C34H57NO5/c1-20(2)22(4)30(5)14-15-32(7)23-10-11-26-31(6)18-39-19-34(26,16-25(38-9)28(31)40-17-21(3)35)24(23)12-13-33(32,8)27(30)29(36)37/h12,20-23,25-28H,10-11,13-19,35H2,1-9H3,(H,36,37)/t21?,22-,23+,25-,26+,27-,28+,30-,31-,32-,33+,34-/m1/s1. The van der Waals surface area contributed by atoms with Crippen LogP contribution in [0, 0.1) is 56.7 Å². The second-order valence-corrected chi connectivity index (χ2v) is 16.1. The first-order valence-electron chi connectivity index (χ1n) is 16.0. The van der Waals surface area contributed by atoms with Crippen molar-refractivity contribution in [3.8, 4) is 0 Å². The number of ether oxygens (including phenoxy) is 3. The number of allylic oxidation sites excluding steroid dienone is 1. The Balaban J connectivity index is 1.58. The van der Waals surface area contributed by atoms with Gasteiger partial charge in [0.2, 0.25) is 0 Å². The van der Waals surface area contributed by atoms with Crippen molar-refractivity contribution >= 4 is 5.97 Å². The van der Waals surface area contributed by atoms with Crippen LogP contribution in [0.25, 0.3) is 0 Å². The van der Waals surface area contributed by atoms with Gasteiger partial charge in [-0.2, -0.15) is 0 Å². The lowest BCUT2D eigenvalue weighted by Crippen LogP contribution is -2.70. The normalized spacial score (nSPS) is 49.8. The van der Waals surface area contributed by atoms with Gasteiger partial charge >= 0.3 is 5.97 Å². The first-order chi connectivity index (χ1) is 18.6. The molecular weight excluding hydrogens is 502 g/mol. The van der Waals surface area contributed by atoms with Gasteiger partial charge in [0.15, 0.2) is 0 Å². The van der Waals surface area contributed by atoms with Gasteiger partial charge in [0, 0.05) is 24.0 Å². The molecule has 3 N–H and O–H groups in total. The van der Waals surface area contributed by atoms with Gasteiger partial charge in [0.25, 0.3) is 0 Å². The van der Waals surface area contributed by atoms with Crippen LogP contribution in [0.1, 0.15) is 93.9 Å². The molecule has 228 valence electrons. The van der Waals surface area contributed by atoms with Gasteiger partial charge in [-0.1, -0.05) is 60.1 Å². The first kappa shape index (κ1) is 30.5. The molecule has 4 aliphatic carbocycles. The van der Waals surface area contributed by atoms with E-state index in [4.69, 9.17) is 19.9 Å². The van der Waals surface area contributed by atoms with Crippen LogP contribution in [0.4, 0.5) is 0 Å². The molecule has 12 atom stereocenters. The number of hydrogen-bond acceptors (Lipinski definition) is 5. The van der Waals surface area contributed by atoms with Crippen molar-refractivity contribution in [3.63, 3.8) is 0 Å². The molecule has 5 rings (SSSR count). The average molecular weight is 560 g/mol. The molecule has 1 unspecified atom stereocenters. The maximum absolute atomic E-state index is 13.2. The predicted octanol–water partition coefficient (Wildman–Crippen LogP) is 6.32. The van der Waals surface area contributed by atoms with Crippen LogP contribution in [-0.2, 0) is 19.0 Å². The van der Waals surface area contributed by atoms with Crippen LogP contribution >= 0.6 is 0 Å². The summed E-state index contributed by atoms with van der Waals surface area (Å²) in [6.07, 6.45) is 8.44. The number of rotatable bonds is 7. The molecule has 1 saturated heterocycles. The largest absolute Gasteiger partial charge is 0.481 e. The number of aliphatic carboxylic acids is 1. The van der Waals surface area contributed by atoms with Gasteiger partial charge in [-0.25, -0.2) is 0 Å². The number of carboxylic acid groups (broad SMARTS) is 1. The zero-order chi connectivity index (χ0) is 29.5. The molecule has 5 aliphatic rings. The number of carbonyl (C=O) groups is 1. The Morgan fingerprint density at radius 1 is 1.10 bits per heavy atom. The molecule has 2 bridgehead atoms. The quantitative estimate of drug-likeness (QED) is 0.355. The van der Waals surface area contributed by atoms with Crippen molar-refractivity contribution in [2.75, 3.05) is 26.9 Å². The highest BCUT2D eigenvalue weighted by molar-refractivity contribution is 5.73. The molecule has 0 radical (unpaired) electrons. The molecule has 0 amide bonds. The minimum Gasteiger partial charge on any atom is -0.481 e. The third kappa shape index (κ3) is 3.98. The molecule has 40 heavy (non-hydrogen) atoms. The molecule has 4 fully saturated rings. The Morgan fingerprint density at radius 2 is 1.80 bits per heavy atom. The fourth-order valence-electron chi connectivity index (χ4n) is 11.3. The number of hydrogen-bond donors (Lipinski definition) is 2. The zero-order valence-corrected chi connectivity index (χ0v) is 26.7. The fraction of sp³-hybridized carbons (Fsp3) is 0.912. The van der Waals surface area contributed by atoms with Gasteiger partial charge in [-0.05, 0) is 85.4 Å². The van der Waals surface area contributed by atoms with Crippen LogP contribution in [0.15, 0.2) is 11.6 Å². The second-order valence-electron chi connectivity index (χ2n) is 16.1. The lowest BCUT2D eigenvalue weighted by Gasteiger charge is -2.71. The fourth-order valence-corrected chi connectivity index (χ4v) is 11.3. The van der Waals surface area contributed by atoms with Crippen molar-refractivity contribution < 1.29 is 24.1 Å². The Hall–Kier alpha value is -0.950. The van der Waals surface area contributed by atoms with Crippen molar-refractivity contribution in [2.24, 2.45) is 62.4 Å². The van der Waals surface area contributed by atoms with Gasteiger partial charge < -0.3 is 25.1 Å². The maximum atomic E-state index is 13.2. The SMILES string of the molecule is CO[C@@H]1C[C@]23COC[C@](C)([C@@H]2CC[C@H]2C3=CC[C@@]3(C)[C@H](C(=O)O)[C@@](C)([C@H](C)C(C)C)CC[C@]23C)[C@H]1OCC(C)N. The van der Waals surface area contributed by atoms with Gasteiger partial charge in [0.1, 0.15) is 0 Å². The molecule has 0 aromatic heterocycles. The molecular formula is C34H57NO5. The summed E-state index contributed by atoms with van der Waals surface area (Å²) < 4.78 is 19.3. The Morgan fingerprint density at radius 3 is 2.40 bits per heavy atom. The van der Waals surface area contributed by atoms with Crippen LogP contribution in [0.3, 0.4) is 0 Å². The van der Waals surface area contributed by atoms with Crippen molar-refractivity contribution in [2.45, 2.75) is 112 Å². The summed E-state index contributed by atoms with van der Waals surface area (Å²) in [5, 5.41) is 10.9. The molecule has 1 heterocycles. The van der Waals surface area contributed by atoms with Crippen molar-refractivity contribution in [3.05, 3.63) is 11.6 Å². The number of fused-ring (bicyclic) bond motifs is 3. The number of methoxy groups -OCH3 is 1. The summed E-state index contributed by atoms with van der Waals surface area (Å²) in [5.41, 5.74) is 6.83. The van der Waals surface area contributed by atoms with E-state index < -0.39 is 5.97 Å². The summed E-state index contributed by atoms with van der Waals surface area (Å²) in [7, 11) is 1.83. The van der Waals surface area contributed by atoms with E-state index in [1.54, 1.807) is 5.57 Å². The third-order valence-electron chi connectivity index (χ3n) is 13.9. The Labute approximate surface area is 243 Å². The molecule has 0 aromatic carbocycles. The highest BCUT2D eigenvalue weighted by atomic mass is 16.5. The molecule has 6 heteroatoms. The van der Waals surface area contributed by atoms with E-state index in [-0.39, 0.29) is 51.2 Å². The van der Waals surface area contributed by atoms with Crippen LogP contribution in [0.5, 0.6) is 0 Å². The van der Waals surface area contributed by atoms with Crippen molar-refractivity contribution in [1.82, 2.24) is 0 Å². The minimum absolute atomic E-state index is 0.0158. The summed E-state index contributed by atoms with van der Waals surface area (Å²) in [6.45, 7) is 20.1. The first-order valence-corrected chi connectivity index (χ1v) is 16.0. The predicted molar refractivity (Wildman–Crippen MR) is 158 cm³/mol. The summed E-state index contributed by atoms with van der Waals surface area (Å²) >= 11 is 0. The van der Waals surface area contributed by atoms with Gasteiger partial charge in [-0.15, -0.1) is 0 Å². The van der Waals surface area contributed by atoms with E-state index in [1.807, 2.05) is 14.0 Å². The lowest BCUT2D eigenvalue weighted by molar-refractivity contribution is -0.267. The van der Waals surface area contributed by atoms with E-state index in [0.29, 0.717) is 36.9 Å². The molecule has 0 aromatic rings. The van der Waals surface area contributed by atoms with E-state index in [0.717, 1.165) is 45.1 Å². The highest BCUT2D eigenvalue weighted by Crippen LogP contribution is 2.75. The highest BCUT2D eigenvalue weighted by Gasteiger charge is 2.71. The van der Waals surface area contributed by atoms with Crippen LogP contribution in [0.2, 0.25) is 0 Å². The topological polar surface area (TPSA) is 91.0 Å². The van der Waals surface area contributed by atoms with Crippen LogP contribution in [-0.4, -0.2) is 56.3 Å². The monoisotopic (exact) mass is 559 g/mol. The zero-order valence-electron chi connectivity index (χ0n) is 26.7. The number of carboxylic acids is 1. The second kappa shape index (κ2) is 10.1. The smallest absolute Gasteiger partial charge is 0.307 e. The van der Waals surface area contributed by atoms with Crippen LogP contribution < -0.4 is 5.73 Å². The minimum atomic E-state index is -0.605. The maximum Gasteiger partial charge on any atom is 0.307 e. The molecule has 1 aliphatic heterocycles. The molecule has 0 spiro atoms. The van der Waals surface area contributed by atoms with E-state index in [2.05, 4.69) is 54.5 Å². The summed E-state index contributed by atoms with van der Waals surface area (Å²) in [5.74, 6) is 0.646. The lowest BCUT2D eigenvalue weighted by atomic mass is 9.34. The third-order valence-corrected chi connectivity index (χ3v) is 13.9. The van der Waals surface area contributed by atoms with E-state index >= 15 is 0 Å². The number of nitrogens with two attached hydrogens (primary N) is 1. The summed E-state index contributed by atoms with van der Waals surface area (Å²) in [4.78, 5) is 13.2. The molecule has 6 nitrogen and oxygen atoms in total. The van der Waals surface area contributed by atoms with Gasteiger partial charge in [0.05, 0.1) is 37.9 Å². The Bertz CT molecular complexity index is 1030. The van der Waals surface area contributed by atoms with Crippen molar-refractivity contribution in [1.29, 1.82) is 0 Å².